The predicted octanol–water partition coefficient (Wildman–Crippen LogP) is 3.86. The first-order valence-electron chi connectivity index (χ1n) is 9.79. The van der Waals surface area contributed by atoms with Crippen molar-refractivity contribution in [2.24, 2.45) is 0 Å². The van der Waals surface area contributed by atoms with Crippen molar-refractivity contribution in [3.05, 3.63) is 83.5 Å². The van der Waals surface area contributed by atoms with Gasteiger partial charge in [0.05, 0.1) is 29.0 Å². The Morgan fingerprint density at radius 1 is 0.966 bits per heavy atom. The molecular weight excluding hydrogens is 364 g/mol. The second-order valence-corrected chi connectivity index (χ2v) is 7.47. The summed E-state index contributed by atoms with van der Waals surface area (Å²) in [5, 5.41) is 0. The van der Waals surface area contributed by atoms with Crippen LogP contribution in [0.2, 0.25) is 0 Å². The zero-order valence-electron chi connectivity index (χ0n) is 16.2. The van der Waals surface area contributed by atoms with Gasteiger partial charge < -0.3 is 9.64 Å². The van der Waals surface area contributed by atoms with E-state index in [-0.39, 0.29) is 11.7 Å². The van der Waals surface area contributed by atoms with E-state index in [4.69, 9.17) is 4.74 Å². The number of rotatable bonds is 4. The minimum atomic E-state index is -0.0231. The third-order valence-electron chi connectivity index (χ3n) is 5.48. The highest BCUT2D eigenvalue weighted by Crippen LogP contribution is 2.27. The van der Waals surface area contributed by atoms with E-state index >= 15 is 0 Å². The van der Waals surface area contributed by atoms with E-state index in [9.17, 15) is 4.79 Å². The smallest absolute Gasteiger partial charge is 0.334 e. The average molecular weight is 386 g/mol. The van der Waals surface area contributed by atoms with E-state index in [2.05, 4.69) is 16.9 Å². The Morgan fingerprint density at radius 2 is 1.72 bits per heavy atom. The van der Waals surface area contributed by atoms with Gasteiger partial charge in [-0.2, -0.15) is 0 Å². The highest BCUT2D eigenvalue weighted by atomic mass is 16.5. The van der Waals surface area contributed by atoms with Crippen molar-refractivity contribution >= 4 is 11.0 Å². The molecular formula is C23H22N4O2. The van der Waals surface area contributed by atoms with E-state index in [0.717, 1.165) is 47.7 Å². The summed E-state index contributed by atoms with van der Waals surface area (Å²) in [6.45, 7) is 1.88. The molecule has 0 radical (unpaired) electrons. The van der Waals surface area contributed by atoms with Crippen LogP contribution in [0.1, 0.15) is 12.5 Å². The lowest BCUT2D eigenvalue weighted by molar-refractivity contribution is 0.392. The fraction of sp³-hybridized carbons (Fsp3) is 0.217. The molecule has 0 unspecified atom stereocenters. The van der Waals surface area contributed by atoms with Gasteiger partial charge in [0.25, 0.3) is 0 Å². The highest BCUT2D eigenvalue weighted by Gasteiger charge is 2.26. The van der Waals surface area contributed by atoms with Crippen LogP contribution in [0.15, 0.2) is 77.9 Å². The van der Waals surface area contributed by atoms with Crippen molar-refractivity contribution in [1.29, 1.82) is 0 Å². The van der Waals surface area contributed by atoms with Crippen molar-refractivity contribution < 1.29 is 4.74 Å². The van der Waals surface area contributed by atoms with Gasteiger partial charge in [-0.25, -0.2) is 4.79 Å². The Bertz CT molecular complexity index is 1200. The third-order valence-corrected chi connectivity index (χ3v) is 5.48. The van der Waals surface area contributed by atoms with Crippen LogP contribution in [-0.4, -0.2) is 39.2 Å². The van der Waals surface area contributed by atoms with Crippen molar-refractivity contribution in [1.82, 2.24) is 19.0 Å². The molecule has 0 spiro atoms. The number of benzene rings is 2. The van der Waals surface area contributed by atoms with E-state index in [1.165, 1.54) is 0 Å². The monoisotopic (exact) mass is 386 g/mol. The molecule has 0 N–H and O–H groups in total. The lowest BCUT2D eigenvalue weighted by Crippen LogP contribution is -2.28. The van der Waals surface area contributed by atoms with E-state index in [1.807, 2.05) is 65.2 Å². The average Bonchev–Trinajstić information content (AvgIpc) is 3.29. The summed E-state index contributed by atoms with van der Waals surface area (Å²) in [7, 11) is 2.09. The second-order valence-electron chi connectivity index (χ2n) is 7.47. The molecule has 5 rings (SSSR count). The molecule has 146 valence electrons. The molecule has 1 fully saturated rings. The summed E-state index contributed by atoms with van der Waals surface area (Å²) in [6, 6.07) is 19.4. The van der Waals surface area contributed by atoms with Crippen molar-refractivity contribution in [2.75, 3.05) is 20.1 Å². The normalized spacial score (nSPS) is 17.1. The van der Waals surface area contributed by atoms with Gasteiger partial charge in [0, 0.05) is 12.7 Å². The molecule has 6 heteroatoms. The van der Waals surface area contributed by atoms with Gasteiger partial charge in [-0.3, -0.25) is 14.1 Å². The molecule has 1 aliphatic rings. The number of aromatic nitrogens is 3. The molecule has 0 saturated carbocycles. The quantitative estimate of drug-likeness (QED) is 0.535. The maximum Gasteiger partial charge on any atom is 0.334 e. The molecule has 0 bridgehead atoms. The molecule has 6 nitrogen and oxygen atoms in total. The van der Waals surface area contributed by atoms with Crippen LogP contribution >= 0.6 is 0 Å². The fourth-order valence-corrected chi connectivity index (χ4v) is 4.08. The summed E-state index contributed by atoms with van der Waals surface area (Å²) >= 11 is 0. The van der Waals surface area contributed by atoms with Crippen molar-refractivity contribution in [3.63, 3.8) is 0 Å². The number of fused-ring (bicyclic) bond motifs is 1. The molecule has 29 heavy (non-hydrogen) atoms. The maximum absolute atomic E-state index is 13.4. The Labute approximate surface area is 168 Å². The lowest BCUT2D eigenvalue weighted by Gasteiger charge is -2.12. The highest BCUT2D eigenvalue weighted by molar-refractivity contribution is 5.77. The number of hydrogen-bond acceptors (Lipinski definition) is 4. The second kappa shape index (κ2) is 7.22. The number of pyridine rings is 1. The summed E-state index contributed by atoms with van der Waals surface area (Å²) in [5.41, 5.74) is 2.53. The van der Waals surface area contributed by atoms with Crippen molar-refractivity contribution in [2.45, 2.75) is 12.5 Å². The van der Waals surface area contributed by atoms with Crippen LogP contribution in [0.3, 0.4) is 0 Å². The largest absolute Gasteiger partial charge is 0.457 e. The first-order chi connectivity index (χ1) is 14.2. The van der Waals surface area contributed by atoms with Crippen LogP contribution in [0.4, 0.5) is 0 Å². The molecule has 2 aromatic carbocycles. The van der Waals surface area contributed by atoms with Gasteiger partial charge in [0.1, 0.15) is 11.5 Å². The Hall–Kier alpha value is -3.38. The first-order valence-corrected chi connectivity index (χ1v) is 9.79. The maximum atomic E-state index is 13.4. The number of nitrogens with zero attached hydrogens (tertiary/aromatic N) is 4. The number of likely N-dealkylation sites (N-methyl/N-ethyl adjacent to an activating group) is 1. The van der Waals surface area contributed by atoms with Gasteiger partial charge in [0.2, 0.25) is 0 Å². The molecule has 2 aromatic heterocycles. The van der Waals surface area contributed by atoms with Crippen LogP contribution in [0, 0.1) is 0 Å². The van der Waals surface area contributed by atoms with Crippen LogP contribution in [-0.2, 0) is 0 Å². The van der Waals surface area contributed by atoms with E-state index < -0.39 is 0 Å². The number of hydrogen-bond donors (Lipinski definition) is 0. The molecule has 1 saturated heterocycles. The number of likely N-dealkylation sites (tertiary alicyclic amines) is 1. The molecule has 1 aliphatic heterocycles. The van der Waals surface area contributed by atoms with Gasteiger partial charge in [-0.15, -0.1) is 0 Å². The van der Waals surface area contributed by atoms with Crippen molar-refractivity contribution in [3.8, 4) is 17.2 Å². The van der Waals surface area contributed by atoms with E-state index in [0.29, 0.717) is 0 Å². The van der Waals surface area contributed by atoms with Crippen LogP contribution in [0.25, 0.3) is 16.7 Å². The number of para-hydroxylation sites is 1. The minimum Gasteiger partial charge on any atom is -0.457 e. The molecule has 0 aliphatic carbocycles. The summed E-state index contributed by atoms with van der Waals surface area (Å²) in [4.78, 5) is 19.9. The summed E-state index contributed by atoms with van der Waals surface area (Å²) < 4.78 is 9.54. The fourth-order valence-electron chi connectivity index (χ4n) is 4.08. The molecule has 1 atom stereocenters. The van der Waals surface area contributed by atoms with Gasteiger partial charge in [-0.1, -0.05) is 18.2 Å². The zero-order valence-corrected chi connectivity index (χ0v) is 16.2. The number of imidazole rings is 1. The Morgan fingerprint density at radius 3 is 2.45 bits per heavy atom. The standard InChI is InChI=1S/C23H22N4O2/c1-25-14-12-18(16-25)27-21-11-13-24-15-22(21)26(23(27)28)17-7-9-20(10-8-17)29-19-5-3-2-4-6-19/h2-11,13,15,18H,12,14,16H2,1H3/t18-/m1/s1. The Balaban J connectivity index is 1.55. The lowest BCUT2D eigenvalue weighted by atomic mass is 10.2. The number of ether oxygens (including phenoxy) is 1. The van der Waals surface area contributed by atoms with Crippen LogP contribution < -0.4 is 10.4 Å². The topological polar surface area (TPSA) is 52.3 Å². The predicted molar refractivity (Wildman–Crippen MR) is 113 cm³/mol. The Kier molecular flexibility index (Phi) is 4.41. The first kappa shape index (κ1) is 17.7. The molecule has 0 amide bonds. The van der Waals surface area contributed by atoms with Gasteiger partial charge in [-0.05, 0) is 62.5 Å². The van der Waals surface area contributed by atoms with E-state index in [1.54, 1.807) is 17.0 Å². The minimum absolute atomic E-state index is 0.0231. The third kappa shape index (κ3) is 3.21. The van der Waals surface area contributed by atoms with Gasteiger partial charge in [0.15, 0.2) is 0 Å². The molecule has 4 aromatic rings. The SMILES string of the molecule is CN1CC[C@@H](n2c(=O)n(-c3ccc(Oc4ccccc4)cc3)c3cnccc32)C1. The van der Waals surface area contributed by atoms with Gasteiger partial charge >= 0.3 is 5.69 Å². The molecule has 3 heterocycles. The zero-order chi connectivity index (χ0) is 19.8. The summed E-state index contributed by atoms with van der Waals surface area (Å²) in [5.74, 6) is 1.51. The summed E-state index contributed by atoms with van der Waals surface area (Å²) in [6.07, 6.45) is 4.49. The van der Waals surface area contributed by atoms with Crippen LogP contribution in [0.5, 0.6) is 11.5 Å².